The first-order chi connectivity index (χ1) is 14.1. The molecular formula is C21H28N4O4. The molecule has 3 heterocycles. The smallest absolute Gasteiger partial charge is 0.252 e. The van der Waals surface area contributed by atoms with Gasteiger partial charge in [0.05, 0.1) is 26.0 Å². The predicted octanol–water partition coefficient (Wildman–Crippen LogP) is 1.70. The molecule has 1 aromatic heterocycles. The normalized spacial score (nSPS) is 20.6. The zero-order chi connectivity index (χ0) is 20.2. The summed E-state index contributed by atoms with van der Waals surface area (Å²) in [6.45, 7) is 5.41. The van der Waals surface area contributed by atoms with E-state index in [9.17, 15) is 9.90 Å². The monoisotopic (exact) mass is 400 g/mol. The molecule has 1 aromatic carbocycles. The number of anilines is 1. The minimum atomic E-state index is -0.100. The van der Waals surface area contributed by atoms with E-state index >= 15 is 0 Å². The van der Waals surface area contributed by atoms with Gasteiger partial charge in [-0.2, -0.15) is 0 Å². The van der Waals surface area contributed by atoms with Crippen LogP contribution >= 0.6 is 0 Å². The highest BCUT2D eigenvalue weighted by Gasteiger charge is 2.24. The van der Waals surface area contributed by atoms with Gasteiger partial charge in [0.25, 0.3) is 5.56 Å². The van der Waals surface area contributed by atoms with Crippen LogP contribution in [-0.2, 0) is 11.3 Å². The summed E-state index contributed by atoms with van der Waals surface area (Å²) in [7, 11) is 1.56. The molecular weight excluding hydrogens is 372 g/mol. The van der Waals surface area contributed by atoms with Crippen molar-refractivity contribution in [3.05, 3.63) is 45.9 Å². The van der Waals surface area contributed by atoms with Crippen molar-refractivity contribution in [1.82, 2.24) is 14.9 Å². The highest BCUT2D eigenvalue weighted by molar-refractivity contribution is 5.41. The number of piperidine rings is 1. The van der Waals surface area contributed by atoms with Gasteiger partial charge in [-0.05, 0) is 37.1 Å². The molecule has 2 saturated heterocycles. The van der Waals surface area contributed by atoms with E-state index in [1.807, 2.05) is 12.1 Å². The standard InChI is InChI=1S/C21H28N4O4/c1-28-19-11-15(4-5-18(19)26)13-24-6-2-3-16(14-24)17-12-20(27)23-21(22-17)25-7-9-29-10-8-25/h4-5,11-12,16,26H,2-3,6-10,13-14H2,1H3,(H,22,23,27)/t16-/m1/s1. The Balaban J connectivity index is 1.48. The summed E-state index contributed by atoms with van der Waals surface area (Å²) in [5.41, 5.74) is 1.85. The van der Waals surface area contributed by atoms with Gasteiger partial charge < -0.3 is 19.5 Å². The molecule has 0 aliphatic carbocycles. The highest BCUT2D eigenvalue weighted by Crippen LogP contribution is 2.30. The third kappa shape index (κ3) is 4.71. The highest BCUT2D eigenvalue weighted by atomic mass is 16.5. The van der Waals surface area contributed by atoms with Gasteiger partial charge in [0.15, 0.2) is 11.5 Å². The van der Waals surface area contributed by atoms with Crippen molar-refractivity contribution in [1.29, 1.82) is 0 Å². The number of rotatable bonds is 5. The summed E-state index contributed by atoms with van der Waals surface area (Å²) >= 11 is 0. The third-order valence-corrected chi connectivity index (χ3v) is 5.63. The lowest BCUT2D eigenvalue weighted by atomic mass is 9.94. The Bertz CT molecular complexity index is 894. The fourth-order valence-electron chi connectivity index (χ4n) is 4.12. The van der Waals surface area contributed by atoms with E-state index in [-0.39, 0.29) is 17.2 Å². The maximum absolute atomic E-state index is 12.3. The predicted molar refractivity (Wildman–Crippen MR) is 110 cm³/mol. The van der Waals surface area contributed by atoms with Crippen LogP contribution < -0.4 is 15.2 Å². The van der Waals surface area contributed by atoms with Crippen LogP contribution in [0.15, 0.2) is 29.1 Å². The molecule has 0 bridgehead atoms. The van der Waals surface area contributed by atoms with Crippen LogP contribution in [-0.4, -0.2) is 66.5 Å². The van der Waals surface area contributed by atoms with Gasteiger partial charge in [-0.25, -0.2) is 4.98 Å². The van der Waals surface area contributed by atoms with Crippen LogP contribution in [0.2, 0.25) is 0 Å². The van der Waals surface area contributed by atoms with Crippen LogP contribution in [0.3, 0.4) is 0 Å². The number of phenolic OH excluding ortho intramolecular Hbond substituents is 1. The maximum Gasteiger partial charge on any atom is 0.252 e. The van der Waals surface area contributed by atoms with E-state index in [1.165, 1.54) is 0 Å². The topological polar surface area (TPSA) is 90.9 Å². The Morgan fingerprint density at radius 2 is 2.10 bits per heavy atom. The summed E-state index contributed by atoms with van der Waals surface area (Å²) in [4.78, 5) is 24.4. The number of nitrogens with one attached hydrogen (secondary N) is 1. The minimum Gasteiger partial charge on any atom is -0.504 e. The second-order valence-corrected chi connectivity index (χ2v) is 7.67. The Hall–Kier alpha value is -2.58. The Kier molecular flexibility index (Phi) is 6.01. The van der Waals surface area contributed by atoms with Crippen molar-refractivity contribution in [3.63, 3.8) is 0 Å². The Labute approximate surface area is 170 Å². The minimum absolute atomic E-state index is 0.100. The first-order valence-corrected chi connectivity index (χ1v) is 10.1. The molecule has 0 spiro atoms. The average molecular weight is 400 g/mol. The largest absolute Gasteiger partial charge is 0.504 e. The number of hydrogen-bond donors (Lipinski definition) is 2. The molecule has 0 unspecified atom stereocenters. The number of aromatic amines is 1. The van der Waals surface area contributed by atoms with Crippen LogP contribution in [0, 0.1) is 0 Å². The second kappa shape index (κ2) is 8.84. The molecule has 1 atom stereocenters. The molecule has 156 valence electrons. The molecule has 8 heteroatoms. The van der Waals surface area contributed by atoms with Gasteiger partial charge >= 0.3 is 0 Å². The molecule has 2 N–H and O–H groups in total. The SMILES string of the molecule is COc1cc(CN2CCC[C@@H](c3cc(=O)[nH]c(N4CCOCC4)n3)C2)ccc1O. The number of aromatic hydroxyl groups is 1. The van der Waals surface area contributed by atoms with E-state index in [0.29, 0.717) is 24.9 Å². The molecule has 2 aliphatic rings. The van der Waals surface area contributed by atoms with E-state index < -0.39 is 0 Å². The van der Waals surface area contributed by atoms with Gasteiger partial charge in [0.1, 0.15) is 0 Å². The molecule has 4 rings (SSSR count). The van der Waals surface area contributed by atoms with Crippen molar-refractivity contribution >= 4 is 5.95 Å². The molecule has 2 aromatic rings. The van der Waals surface area contributed by atoms with Crippen molar-refractivity contribution in [2.24, 2.45) is 0 Å². The molecule has 0 saturated carbocycles. The zero-order valence-electron chi connectivity index (χ0n) is 16.8. The lowest BCUT2D eigenvalue weighted by Gasteiger charge is -2.33. The van der Waals surface area contributed by atoms with E-state index in [1.54, 1.807) is 19.2 Å². The zero-order valence-corrected chi connectivity index (χ0v) is 16.8. The van der Waals surface area contributed by atoms with Gasteiger partial charge in [0.2, 0.25) is 5.95 Å². The second-order valence-electron chi connectivity index (χ2n) is 7.67. The number of ether oxygens (including phenoxy) is 2. The van der Waals surface area contributed by atoms with Crippen LogP contribution in [0.4, 0.5) is 5.95 Å². The lowest BCUT2D eigenvalue weighted by Crippen LogP contribution is -2.39. The number of likely N-dealkylation sites (tertiary alicyclic amines) is 1. The van der Waals surface area contributed by atoms with E-state index in [2.05, 4.69) is 14.8 Å². The number of aromatic nitrogens is 2. The molecule has 0 radical (unpaired) electrons. The summed E-state index contributed by atoms with van der Waals surface area (Å²) in [5, 5.41) is 9.80. The number of hydrogen-bond acceptors (Lipinski definition) is 7. The summed E-state index contributed by atoms with van der Waals surface area (Å²) in [6, 6.07) is 7.11. The molecule has 2 aliphatic heterocycles. The van der Waals surface area contributed by atoms with Gasteiger partial charge in [-0.15, -0.1) is 0 Å². The van der Waals surface area contributed by atoms with E-state index in [4.69, 9.17) is 14.5 Å². The maximum atomic E-state index is 12.3. The quantitative estimate of drug-likeness (QED) is 0.789. The first-order valence-electron chi connectivity index (χ1n) is 10.1. The van der Waals surface area contributed by atoms with Gasteiger partial charge in [-0.3, -0.25) is 14.7 Å². The third-order valence-electron chi connectivity index (χ3n) is 5.63. The molecule has 2 fully saturated rings. The van der Waals surface area contributed by atoms with Crippen LogP contribution in [0.25, 0.3) is 0 Å². The lowest BCUT2D eigenvalue weighted by molar-refractivity contribution is 0.122. The van der Waals surface area contributed by atoms with Crippen molar-refractivity contribution in [2.75, 3.05) is 51.4 Å². The number of nitrogens with zero attached hydrogens (tertiary/aromatic N) is 3. The first kappa shape index (κ1) is 19.7. The Morgan fingerprint density at radius 3 is 2.90 bits per heavy atom. The average Bonchev–Trinajstić information content (AvgIpc) is 2.75. The number of methoxy groups -OCH3 is 1. The number of phenols is 1. The number of morpholine rings is 1. The Morgan fingerprint density at radius 1 is 1.28 bits per heavy atom. The number of H-pyrrole nitrogens is 1. The van der Waals surface area contributed by atoms with Crippen molar-refractivity contribution < 1.29 is 14.6 Å². The summed E-state index contributed by atoms with van der Waals surface area (Å²) in [6.07, 6.45) is 2.08. The molecule has 8 nitrogen and oxygen atoms in total. The molecule has 29 heavy (non-hydrogen) atoms. The van der Waals surface area contributed by atoms with Crippen molar-refractivity contribution in [3.8, 4) is 11.5 Å². The van der Waals surface area contributed by atoms with Crippen molar-refractivity contribution in [2.45, 2.75) is 25.3 Å². The summed E-state index contributed by atoms with van der Waals surface area (Å²) in [5.74, 6) is 1.51. The van der Waals surface area contributed by atoms with Gasteiger partial charge in [-0.1, -0.05) is 6.07 Å². The number of benzene rings is 1. The van der Waals surface area contributed by atoms with Crippen LogP contribution in [0.1, 0.15) is 30.0 Å². The van der Waals surface area contributed by atoms with Gasteiger partial charge in [0, 0.05) is 38.2 Å². The summed E-state index contributed by atoms with van der Waals surface area (Å²) < 4.78 is 10.6. The molecule has 0 amide bonds. The fraction of sp³-hybridized carbons (Fsp3) is 0.524. The van der Waals surface area contributed by atoms with E-state index in [0.717, 1.165) is 56.8 Å². The fourth-order valence-corrected chi connectivity index (χ4v) is 4.12. The van der Waals surface area contributed by atoms with Crippen LogP contribution in [0.5, 0.6) is 11.5 Å².